The van der Waals surface area contributed by atoms with E-state index in [4.69, 9.17) is 17.3 Å². The summed E-state index contributed by atoms with van der Waals surface area (Å²) >= 11 is 5.80. The average Bonchev–Trinajstić information content (AvgIpc) is 2.23. The number of halogens is 2. The first-order chi connectivity index (χ1) is 7.15. The number of nitrogens with zero attached hydrogens (tertiary/aromatic N) is 1. The molecule has 1 aromatic carbocycles. The van der Waals surface area contributed by atoms with Gasteiger partial charge in [-0.15, -0.1) is 0 Å². The lowest BCUT2D eigenvalue weighted by Gasteiger charge is -2.09. The molecule has 1 heterocycles. The van der Waals surface area contributed by atoms with E-state index in [2.05, 4.69) is 10.3 Å². The predicted octanol–water partition coefficient (Wildman–Crippen LogP) is 2.65. The molecule has 2 rings (SSSR count). The molecule has 0 spiro atoms. The van der Waals surface area contributed by atoms with Crippen molar-refractivity contribution in [1.82, 2.24) is 4.98 Å². The molecule has 0 bridgehead atoms. The summed E-state index contributed by atoms with van der Waals surface area (Å²) in [6.07, 6.45) is 1.46. The number of benzene rings is 1. The van der Waals surface area contributed by atoms with E-state index in [1.54, 1.807) is 13.1 Å². The van der Waals surface area contributed by atoms with Crippen molar-refractivity contribution in [2.45, 2.75) is 0 Å². The van der Waals surface area contributed by atoms with Crippen LogP contribution in [0.4, 0.5) is 15.8 Å². The van der Waals surface area contributed by atoms with Crippen molar-refractivity contribution in [3.05, 3.63) is 29.2 Å². The number of nitrogen functional groups attached to an aromatic ring is 1. The molecule has 3 nitrogen and oxygen atoms in total. The van der Waals surface area contributed by atoms with Gasteiger partial charge in [-0.05, 0) is 12.1 Å². The Balaban J connectivity index is 2.89. The number of aromatic nitrogens is 1. The summed E-state index contributed by atoms with van der Waals surface area (Å²) in [7, 11) is 1.74. The van der Waals surface area contributed by atoms with E-state index in [-0.39, 0.29) is 5.02 Å². The third-order valence-electron chi connectivity index (χ3n) is 2.21. The molecule has 0 radical (unpaired) electrons. The van der Waals surface area contributed by atoms with E-state index in [0.717, 1.165) is 0 Å². The first-order valence-corrected chi connectivity index (χ1v) is 4.73. The third-order valence-corrected chi connectivity index (χ3v) is 2.57. The van der Waals surface area contributed by atoms with Crippen molar-refractivity contribution in [3.63, 3.8) is 0 Å². The van der Waals surface area contributed by atoms with Gasteiger partial charge in [0, 0.05) is 12.4 Å². The van der Waals surface area contributed by atoms with Crippen LogP contribution in [-0.4, -0.2) is 12.0 Å². The molecule has 5 heteroatoms. The summed E-state index contributed by atoms with van der Waals surface area (Å²) in [6, 6.07) is 2.90. The van der Waals surface area contributed by atoms with Crippen LogP contribution in [0.2, 0.25) is 5.02 Å². The van der Waals surface area contributed by atoms with E-state index < -0.39 is 5.82 Å². The molecule has 0 unspecified atom stereocenters. The molecule has 0 aliphatic rings. The minimum atomic E-state index is -0.483. The molecule has 0 saturated heterocycles. The Bertz CT molecular complexity index is 528. The van der Waals surface area contributed by atoms with Crippen molar-refractivity contribution < 1.29 is 4.39 Å². The zero-order chi connectivity index (χ0) is 11.0. The Morgan fingerprint density at radius 1 is 1.47 bits per heavy atom. The average molecular weight is 226 g/mol. The number of rotatable bonds is 1. The maximum Gasteiger partial charge on any atom is 0.144 e. The van der Waals surface area contributed by atoms with Gasteiger partial charge in [0.15, 0.2) is 0 Å². The van der Waals surface area contributed by atoms with Gasteiger partial charge in [0.05, 0.1) is 23.1 Å². The summed E-state index contributed by atoms with van der Waals surface area (Å²) in [4.78, 5) is 4.01. The molecular weight excluding hydrogens is 217 g/mol. The molecule has 1 aromatic heterocycles. The number of hydrogen-bond donors (Lipinski definition) is 2. The standard InChI is InChI=1S/C10H9ClFN3/c1-14-9-5-2-3-6(12)8(11)10(5)15-4-7(9)13/h2-4H,13H2,1H3,(H,14,15). The Morgan fingerprint density at radius 2 is 2.20 bits per heavy atom. The van der Waals surface area contributed by atoms with Gasteiger partial charge in [0.2, 0.25) is 0 Å². The van der Waals surface area contributed by atoms with Gasteiger partial charge in [0.1, 0.15) is 10.8 Å². The Hall–Kier alpha value is -1.55. The van der Waals surface area contributed by atoms with Crippen molar-refractivity contribution >= 4 is 33.9 Å². The maximum atomic E-state index is 13.2. The molecule has 0 fully saturated rings. The molecular formula is C10H9ClFN3. The Morgan fingerprint density at radius 3 is 2.87 bits per heavy atom. The molecule has 0 saturated carbocycles. The van der Waals surface area contributed by atoms with E-state index in [1.165, 1.54) is 12.3 Å². The Kier molecular flexibility index (Phi) is 2.36. The summed E-state index contributed by atoms with van der Waals surface area (Å²) in [5.41, 5.74) is 7.35. The fourth-order valence-electron chi connectivity index (χ4n) is 1.50. The van der Waals surface area contributed by atoms with Crippen LogP contribution in [0.1, 0.15) is 0 Å². The highest BCUT2D eigenvalue weighted by Gasteiger charge is 2.10. The molecule has 0 aliphatic carbocycles. The van der Waals surface area contributed by atoms with E-state index >= 15 is 0 Å². The first-order valence-electron chi connectivity index (χ1n) is 4.35. The van der Waals surface area contributed by atoms with Crippen LogP contribution in [0.5, 0.6) is 0 Å². The predicted molar refractivity (Wildman–Crippen MR) is 60.7 cm³/mol. The number of nitrogens with one attached hydrogen (secondary N) is 1. The van der Waals surface area contributed by atoms with Gasteiger partial charge in [-0.25, -0.2) is 4.39 Å². The normalized spacial score (nSPS) is 10.6. The zero-order valence-electron chi connectivity index (χ0n) is 8.01. The van der Waals surface area contributed by atoms with Crippen LogP contribution in [-0.2, 0) is 0 Å². The minimum absolute atomic E-state index is 0.0176. The van der Waals surface area contributed by atoms with Crippen molar-refractivity contribution in [1.29, 1.82) is 0 Å². The van der Waals surface area contributed by atoms with Gasteiger partial charge in [-0.3, -0.25) is 4.98 Å². The lowest BCUT2D eigenvalue weighted by Crippen LogP contribution is -1.98. The number of hydrogen-bond acceptors (Lipinski definition) is 3. The zero-order valence-corrected chi connectivity index (χ0v) is 8.77. The van der Waals surface area contributed by atoms with Crippen LogP contribution in [0.15, 0.2) is 18.3 Å². The summed E-state index contributed by atoms with van der Waals surface area (Å²) in [5, 5.41) is 3.67. The first kappa shape index (κ1) is 9.98. The Labute approximate surface area is 91.1 Å². The SMILES string of the molecule is CNc1c(N)cnc2c(Cl)c(F)ccc12. The van der Waals surface area contributed by atoms with Crippen LogP contribution >= 0.6 is 11.6 Å². The molecule has 0 aliphatic heterocycles. The maximum absolute atomic E-state index is 13.2. The van der Waals surface area contributed by atoms with Gasteiger partial charge in [-0.2, -0.15) is 0 Å². The lowest BCUT2D eigenvalue weighted by molar-refractivity contribution is 0.630. The smallest absolute Gasteiger partial charge is 0.144 e. The number of fused-ring (bicyclic) bond motifs is 1. The second-order valence-corrected chi connectivity index (χ2v) is 3.47. The molecule has 2 aromatic rings. The quantitative estimate of drug-likeness (QED) is 0.785. The van der Waals surface area contributed by atoms with E-state index in [9.17, 15) is 4.39 Å². The van der Waals surface area contributed by atoms with Gasteiger partial charge in [0.25, 0.3) is 0 Å². The van der Waals surface area contributed by atoms with Crippen molar-refractivity contribution in [2.24, 2.45) is 0 Å². The van der Waals surface area contributed by atoms with Crippen LogP contribution in [0, 0.1) is 5.82 Å². The van der Waals surface area contributed by atoms with Crippen molar-refractivity contribution in [3.8, 4) is 0 Å². The summed E-state index contributed by atoms with van der Waals surface area (Å²) in [6.45, 7) is 0. The van der Waals surface area contributed by atoms with Crippen LogP contribution < -0.4 is 11.1 Å². The minimum Gasteiger partial charge on any atom is -0.396 e. The van der Waals surface area contributed by atoms with Crippen molar-refractivity contribution in [2.75, 3.05) is 18.1 Å². The van der Waals surface area contributed by atoms with Gasteiger partial charge in [-0.1, -0.05) is 11.6 Å². The number of nitrogens with two attached hydrogens (primary N) is 1. The molecule has 78 valence electrons. The van der Waals surface area contributed by atoms with Crippen LogP contribution in [0.25, 0.3) is 10.9 Å². The van der Waals surface area contributed by atoms with Gasteiger partial charge >= 0.3 is 0 Å². The lowest BCUT2D eigenvalue weighted by atomic mass is 10.1. The van der Waals surface area contributed by atoms with Gasteiger partial charge < -0.3 is 11.1 Å². The molecule has 15 heavy (non-hydrogen) atoms. The second kappa shape index (κ2) is 3.55. The summed E-state index contributed by atoms with van der Waals surface area (Å²) < 4.78 is 13.2. The fourth-order valence-corrected chi connectivity index (χ4v) is 1.71. The number of anilines is 2. The topological polar surface area (TPSA) is 50.9 Å². The van der Waals surface area contributed by atoms with E-state index in [0.29, 0.717) is 22.3 Å². The molecule has 0 amide bonds. The highest BCUT2D eigenvalue weighted by Crippen LogP contribution is 2.32. The number of pyridine rings is 1. The summed E-state index contributed by atoms with van der Waals surface area (Å²) in [5.74, 6) is -0.483. The largest absolute Gasteiger partial charge is 0.396 e. The highest BCUT2D eigenvalue weighted by atomic mass is 35.5. The molecule has 3 N–H and O–H groups in total. The van der Waals surface area contributed by atoms with E-state index in [1.807, 2.05) is 0 Å². The third kappa shape index (κ3) is 1.47. The monoisotopic (exact) mass is 225 g/mol. The molecule has 0 atom stereocenters. The fraction of sp³-hybridized carbons (Fsp3) is 0.100. The second-order valence-electron chi connectivity index (χ2n) is 3.10. The van der Waals surface area contributed by atoms with Crippen LogP contribution in [0.3, 0.4) is 0 Å². The highest BCUT2D eigenvalue weighted by molar-refractivity contribution is 6.35.